The van der Waals surface area contributed by atoms with E-state index in [1.54, 1.807) is 17.0 Å². The van der Waals surface area contributed by atoms with Crippen molar-refractivity contribution in [2.45, 2.75) is 13.0 Å². The maximum atomic E-state index is 12.6. The predicted molar refractivity (Wildman–Crippen MR) is 107 cm³/mol. The highest BCUT2D eigenvalue weighted by atomic mass is 32.1. The molecule has 0 bridgehead atoms. The second kappa shape index (κ2) is 7.67. The lowest BCUT2D eigenvalue weighted by atomic mass is 9.94. The monoisotopic (exact) mass is 384 g/mol. The minimum atomic E-state index is -0.528. The Labute approximate surface area is 163 Å². The van der Waals surface area contributed by atoms with E-state index in [1.165, 1.54) is 20.3 Å². The molecule has 0 saturated carbocycles. The molecule has 0 fully saturated rings. The number of anilines is 1. The number of hydrogen-bond acceptors (Lipinski definition) is 5. The van der Waals surface area contributed by atoms with Crippen LogP contribution in [0.5, 0.6) is 11.5 Å². The number of esters is 1. The third kappa shape index (κ3) is 3.46. The van der Waals surface area contributed by atoms with Gasteiger partial charge in [0.05, 0.1) is 25.8 Å². The molecule has 1 heterocycles. The van der Waals surface area contributed by atoms with Crippen LogP contribution < -0.4 is 15.0 Å². The topological polar surface area (TPSA) is 71.0 Å². The zero-order valence-corrected chi connectivity index (χ0v) is 16.0. The number of carbonyl (C=O) groups is 1. The van der Waals surface area contributed by atoms with Gasteiger partial charge in [0.25, 0.3) is 0 Å². The van der Waals surface area contributed by atoms with E-state index in [1.807, 2.05) is 37.3 Å². The molecule has 0 amide bonds. The van der Waals surface area contributed by atoms with Gasteiger partial charge in [-0.15, -0.1) is 0 Å². The number of thiocarbonyl (C=S) groups is 1. The molecule has 1 atom stereocenters. The van der Waals surface area contributed by atoms with Crippen LogP contribution in [0.4, 0.5) is 5.69 Å². The first-order valence-corrected chi connectivity index (χ1v) is 8.70. The summed E-state index contributed by atoms with van der Waals surface area (Å²) in [7, 11) is 2.81. The van der Waals surface area contributed by atoms with Gasteiger partial charge in [-0.1, -0.05) is 24.3 Å². The lowest BCUT2D eigenvalue weighted by Crippen LogP contribution is -2.48. The number of aromatic hydroxyl groups is 1. The highest BCUT2D eigenvalue weighted by Crippen LogP contribution is 2.37. The summed E-state index contributed by atoms with van der Waals surface area (Å²) in [5.41, 5.74) is 2.67. The van der Waals surface area contributed by atoms with Gasteiger partial charge >= 0.3 is 5.97 Å². The fourth-order valence-electron chi connectivity index (χ4n) is 3.13. The average Bonchev–Trinajstić information content (AvgIpc) is 2.68. The molecule has 7 heteroatoms. The summed E-state index contributed by atoms with van der Waals surface area (Å²) < 4.78 is 10.2. The summed E-state index contributed by atoms with van der Waals surface area (Å²) >= 11 is 5.57. The number of methoxy groups -OCH3 is 2. The Hall–Kier alpha value is -3.06. The predicted octanol–water partition coefficient (Wildman–Crippen LogP) is 3.28. The van der Waals surface area contributed by atoms with Crippen molar-refractivity contribution < 1.29 is 19.4 Å². The molecule has 1 unspecified atom stereocenters. The van der Waals surface area contributed by atoms with Gasteiger partial charge in [-0.2, -0.15) is 0 Å². The molecule has 2 N–H and O–H groups in total. The zero-order valence-electron chi connectivity index (χ0n) is 15.2. The summed E-state index contributed by atoms with van der Waals surface area (Å²) in [6.07, 6.45) is 0. The Morgan fingerprint density at radius 3 is 2.52 bits per heavy atom. The second-order valence-electron chi connectivity index (χ2n) is 5.98. The average molecular weight is 384 g/mol. The summed E-state index contributed by atoms with van der Waals surface area (Å²) in [6, 6.07) is 13.9. The third-order valence-corrected chi connectivity index (χ3v) is 4.74. The van der Waals surface area contributed by atoms with E-state index in [-0.39, 0.29) is 5.75 Å². The molecule has 1 aliphatic heterocycles. The van der Waals surface area contributed by atoms with Crippen LogP contribution in [0.15, 0.2) is 59.8 Å². The maximum absolute atomic E-state index is 12.6. The molecule has 0 radical (unpaired) electrons. The Bertz CT molecular complexity index is 911. The third-order valence-electron chi connectivity index (χ3n) is 4.44. The van der Waals surface area contributed by atoms with Gasteiger partial charge in [0.1, 0.15) is 0 Å². The molecule has 140 valence electrons. The van der Waals surface area contributed by atoms with E-state index < -0.39 is 12.0 Å². The second-order valence-corrected chi connectivity index (χ2v) is 6.36. The lowest BCUT2D eigenvalue weighted by molar-refractivity contribution is -0.136. The van der Waals surface area contributed by atoms with E-state index in [2.05, 4.69) is 5.32 Å². The molecule has 6 nitrogen and oxygen atoms in total. The lowest BCUT2D eigenvalue weighted by Gasteiger charge is -2.37. The molecule has 1 aliphatic rings. The molecular weight excluding hydrogens is 364 g/mol. The van der Waals surface area contributed by atoms with Gasteiger partial charge in [0, 0.05) is 11.4 Å². The van der Waals surface area contributed by atoms with E-state index >= 15 is 0 Å². The molecular formula is C20H20N2O4S. The Kier molecular flexibility index (Phi) is 5.32. The van der Waals surface area contributed by atoms with E-state index in [0.29, 0.717) is 22.1 Å². The minimum Gasteiger partial charge on any atom is -0.504 e. The Morgan fingerprint density at radius 1 is 1.19 bits per heavy atom. The molecule has 27 heavy (non-hydrogen) atoms. The smallest absolute Gasteiger partial charge is 0.337 e. The highest BCUT2D eigenvalue weighted by Gasteiger charge is 2.35. The molecule has 0 aromatic heterocycles. The Balaban J connectivity index is 2.14. The summed E-state index contributed by atoms with van der Waals surface area (Å²) in [4.78, 5) is 14.4. The van der Waals surface area contributed by atoms with E-state index in [9.17, 15) is 9.90 Å². The number of phenolic OH excluding ortho intramolecular Hbond substituents is 1. The Morgan fingerprint density at radius 2 is 1.89 bits per heavy atom. The van der Waals surface area contributed by atoms with Gasteiger partial charge in [-0.25, -0.2) is 4.79 Å². The molecule has 0 aliphatic carbocycles. The largest absolute Gasteiger partial charge is 0.504 e. The van der Waals surface area contributed by atoms with Crippen LogP contribution in [-0.4, -0.2) is 30.4 Å². The van der Waals surface area contributed by atoms with E-state index in [0.717, 1.165) is 11.3 Å². The van der Waals surface area contributed by atoms with Crippen molar-refractivity contribution in [1.29, 1.82) is 0 Å². The van der Waals surface area contributed by atoms with Crippen LogP contribution in [0.2, 0.25) is 0 Å². The quantitative estimate of drug-likeness (QED) is 0.619. The number of hydrogen-bond donors (Lipinski definition) is 2. The highest BCUT2D eigenvalue weighted by molar-refractivity contribution is 7.80. The first-order chi connectivity index (χ1) is 13.0. The van der Waals surface area contributed by atoms with Gasteiger partial charge in [-0.05, 0) is 49.0 Å². The van der Waals surface area contributed by atoms with Crippen LogP contribution >= 0.6 is 12.2 Å². The minimum absolute atomic E-state index is 0.0193. The van der Waals surface area contributed by atoms with Crippen molar-refractivity contribution in [3.8, 4) is 11.5 Å². The van der Waals surface area contributed by atoms with Crippen molar-refractivity contribution in [3.05, 3.63) is 65.4 Å². The maximum Gasteiger partial charge on any atom is 0.337 e. The van der Waals surface area contributed by atoms with Crippen LogP contribution in [0.25, 0.3) is 0 Å². The van der Waals surface area contributed by atoms with Gasteiger partial charge in [0.2, 0.25) is 0 Å². The number of phenols is 1. The van der Waals surface area contributed by atoms with Crippen LogP contribution in [0, 0.1) is 0 Å². The number of allylic oxidation sites excluding steroid dienone is 1. The summed E-state index contributed by atoms with van der Waals surface area (Å²) in [5.74, 6) is -0.126. The molecule has 2 aromatic rings. The van der Waals surface area contributed by atoms with Crippen LogP contribution in [0.3, 0.4) is 0 Å². The van der Waals surface area contributed by atoms with Gasteiger partial charge in [0.15, 0.2) is 16.6 Å². The van der Waals surface area contributed by atoms with Crippen molar-refractivity contribution in [2.75, 3.05) is 19.1 Å². The van der Waals surface area contributed by atoms with E-state index in [4.69, 9.17) is 21.7 Å². The number of rotatable bonds is 4. The summed E-state index contributed by atoms with van der Waals surface area (Å²) in [5, 5.41) is 13.5. The fraction of sp³-hybridized carbons (Fsp3) is 0.200. The van der Waals surface area contributed by atoms with Gasteiger partial charge in [-0.3, -0.25) is 4.90 Å². The number of benzene rings is 2. The first-order valence-electron chi connectivity index (χ1n) is 8.29. The van der Waals surface area contributed by atoms with Crippen molar-refractivity contribution >= 4 is 29.0 Å². The van der Waals surface area contributed by atoms with Crippen LogP contribution in [-0.2, 0) is 9.53 Å². The SMILES string of the molecule is COC(=O)C1=C(C)N(c2ccccc2)C(=S)NC1c1ccc(O)c(OC)c1. The van der Waals surface area contributed by atoms with Gasteiger partial charge < -0.3 is 19.9 Å². The molecule has 0 spiro atoms. The number of para-hydroxylation sites is 1. The summed E-state index contributed by atoms with van der Waals surface area (Å²) in [6.45, 7) is 1.83. The van der Waals surface area contributed by atoms with Crippen LogP contribution in [0.1, 0.15) is 18.5 Å². The normalized spacial score (nSPS) is 16.8. The van der Waals surface area contributed by atoms with Crippen molar-refractivity contribution in [2.24, 2.45) is 0 Å². The molecule has 0 saturated heterocycles. The standard InChI is InChI=1S/C20H20N2O4S/c1-12-17(19(24)26-3)18(13-9-10-15(23)16(11-13)25-2)21-20(27)22(12)14-7-5-4-6-8-14/h4-11,18,23H,1-3H3,(H,21,27). The fourth-order valence-corrected chi connectivity index (χ4v) is 3.49. The first kappa shape index (κ1) is 18.7. The number of carbonyl (C=O) groups excluding carboxylic acids is 1. The number of ether oxygens (including phenoxy) is 2. The van der Waals surface area contributed by atoms with Crippen molar-refractivity contribution in [1.82, 2.24) is 5.32 Å². The molecule has 3 rings (SSSR count). The number of nitrogens with zero attached hydrogens (tertiary/aromatic N) is 1. The molecule has 2 aromatic carbocycles. The number of nitrogens with one attached hydrogen (secondary N) is 1. The zero-order chi connectivity index (χ0) is 19.6. The van der Waals surface area contributed by atoms with Crippen molar-refractivity contribution in [3.63, 3.8) is 0 Å².